The maximum Gasteiger partial charge on any atom is 0.166 e. The highest BCUT2D eigenvalue weighted by atomic mass is 19.1. The van der Waals surface area contributed by atoms with Gasteiger partial charge in [-0.15, -0.1) is 0 Å². The SMILES string of the molecule is Cc1ccc(F)cc1-c1nccnc1NN. The minimum Gasteiger partial charge on any atom is -0.307 e. The van der Waals surface area contributed by atoms with Crippen molar-refractivity contribution in [2.24, 2.45) is 5.84 Å². The number of halogens is 1. The molecule has 82 valence electrons. The highest BCUT2D eigenvalue weighted by Gasteiger charge is 2.10. The number of benzene rings is 1. The van der Waals surface area contributed by atoms with Gasteiger partial charge in [-0.1, -0.05) is 6.07 Å². The Morgan fingerprint density at radius 1 is 1.25 bits per heavy atom. The van der Waals surface area contributed by atoms with Crippen molar-refractivity contribution >= 4 is 5.82 Å². The van der Waals surface area contributed by atoms with Gasteiger partial charge < -0.3 is 5.43 Å². The number of hydrogen-bond acceptors (Lipinski definition) is 4. The molecule has 0 unspecified atom stereocenters. The normalized spacial score (nSPS) is 10.2. The van der Waals surface area contributed by atoms with Crippen molar-refractivity contribution in [2.75, 3.05) is 5.43 Å². The number of nitrogens with zero attached hydrogens (tertiary/aromatic N) is 2. The lowest BCUT2D eigenvalue weighted by molar-refractivity contribution is 0.628. The van der Waals surface area contributed by atoms with Gasteiger partial charge in [-0.3, -0.25) is 4.98 Å². The van der Waals surface area contributed by atoms with Gasteiger partial charge in [0.25, 0.3) is 0 Å². The van der Waals surface area contributed by atoms with Crippen LogP contribution in [0.3, 0.4) is 0 Å². The van der Waals surface area contributed by atoms with Crippen molar-refractivity contribution in [3.63, 3.8) is 0 Å². The predicted molar refractivity (Wildman–Crippen MR) is 60.0 cm³/mol. The summed E-state index contributed by atoms with van der Waals surface area (Å²) in [6.45, 7) is 1.88. The molecular formula is C11H11FN4. The summed E-state index contributed by atoms with van der Waals surface area (Å²) < 4.78 is 13.2. The number of nitrogens with two attached hydrogens (primary N) is 1. The van der Waals surface area contributed by atoms with Gasteiger partial charge >= 0.3 is 0 Å². The van der Waals surface area contributed by atoms with E-state index in [1.54, 1.807) is 12.3 Å². The molecule has 3 N–H and O–H groups in total. The number of nitrogens with one attached hydrogen (secondary N) is 1. The van der Waals surface area contributed by atoms with Crippen LogP contribution < -0.4 is 11.3 Å². The minimum absolute atomic E-state index is 0.311. The lowest BCUT2D eigenvalue weighted by Crippen LogP contribution is -2.10. The number of hydrazine groups is 1. The first-order valence-corrected chi connectivity index (χ1v) is 4.76. The molecule has 0 aliphatic carbocycles. The van der Waals surface area contributed by atoms with Crippen LogP contribution in [-0.4, -0.2) is 9.97 Å². The van der Waals surface area contributed by atoms with E-state index in [0.29, 0.717) is 17.1 Å². The van der Waals surface area contributed by atoms with Crippen LogP contribution in [0, 0.1) is 12.7 Å². The van der Waals surface area contributed by atoms with Crippen molar-refractivity contribution < 1.29 is 4.39 Å². The second-order valence-electron chi connectivity index (χ2n) is 3.36. The van der Waals surface area contributed by atoms with Crippen LogP contribution >= 0.6 is 0 Å². The molecule has 2 aromatic rings. The first-order chi connectivity index (χ1) is 7.72. The Morgan fingerprint density at radius 2 is 2.00 bits per heavy atom. The van der Waals surface area contributed by atoms with Gasteiger partial charge in [0, 0.05) is 18.0 Å². The number of aryl methyl sites for hydroxylation is 1. The Morgan fingerprint density at radius 3 is 2.75 bits per heavy atom. The summed E-state index contributed by atoms with van der Waals surface area (Å²) in [7, 11) is 0. The summed E-state index contributed by atoms with van der Waals surface area (Å²) in [5.74, 6) is 5.45. The zero-order valence-electron chi connectivity index (χ0n) is 8.74. The lowest BCUT2D eigenvalue weighted by atomic mass is 10.1. The zero-order valence-corrected chi connectivity index (χ0v) is 8.74. The van der Waals surface area contributed by atoms with Gasteiger partial charge in [0.2, 0.25) is 0 Å². The zero-order chi connectivity index (χ0) is 11.5. The first kappa shape index (κ1) is 10.5. The molecule has 0 fully saturated rings. The number of nitrogen functional groups attached to an aromatic ring is 1. The number of aromatic nitrogens is 2. The molecule has 1 aromatic heterocycles. The molecule has 0 spiro atoms. The lowest BCUT2D eigenvalue weighted by Gasteiger charge is -2.08. The monoisotopic (exact) mass is 218 g/mol. The van der Waals surface area contributed by atoms with Crippen molar-refractivity contribution in [2.45, 2.75) is 6.92 Å². The molecule has 0 bridgehead atoms. The van der Waals surface area contributed by atoms with Crippen LogP contribution in [-0.2, 0) is 0 Å². The van der Waals surface area contributed by atoms with E-state index in [9.17, 15) is 4.39 Å². The van der Waals surface area contributed by atoms with Crippen LogP contribution in [0.25, 0.3) is 11.3 Å². The summed E-state index contributed by atoms with van der Waals surface area (Å²) in [6.07, 6.45) is 3.06. The Balaban J connectivity index is 2.62. The second-order valence-corrected chi connectivity index (χ2v) is 3.36. The van der Waals surface area contributed by atoms with Gasteiger partial charge in [-0.2, -0.15) is 0 Å². The third-order valence-electron chi connectivity index (χ3n) is 2.29. The first-order valence-electron chi connectivity index (χ1n) is 4.76. The molecule has 0 saturated carbocycles. The van der Waals surface area contributed by atoms with Gasteiger partial charge in [0.05, 0.1) is 0 Å². The highest BCUT2D eigenvalue weighted by Crippen LogP contribution is 2.26. The smallest absolute Gasteiger partial charge is 0.166 e. The van der Waals surface area contributed by atoms with Gasteiger partial charge in [0.1, 0.15) is 11.5 Å². The Kier molecular flexibility index (Phi) is 2.78. The molecule has 0 radical (unpaired) electrons. The standard InChI is InChI=1S/C11H11FN4/c1-7-2-3-8(12)6-9(7)10-11(16-13)15-5-4-14-10/h2-6H,13H2,1H3,(H,15,16). The minimum atomic E-state index is -0.311. The second kappa shape index (κ2) is 4.24. The average Bonchev–Trinajstić information content (AvgIpc) is 2.32. The van der Waals surface area contributed by atoms with E-state index in [1.807, 2.05) is 6.92 Å². The third-order valence-corrected chi connectivity index (χ3v) is 2.29. The van der Waals surface area contributed by atoms with Gasteiger partial charge in [-0.05, 0) is 24.6 Å². The molecule has 0 aliphatic rings. The van der Waals surface area contributed by atoms with Crippen LogP contribution in [0.15, 0.2) is 30.6 Å². The van der Waals surface area contributed by atoms with E-state index in [4.69, 9.17) is 5.84 Å². The summed E-state index contributed by atoms with van der Waals surface area (Å²) in [4.78, 5) is 8.17. The number of anilines is 1. The molecule has 0 amide bonds. The van der Waals surface area contributed by atoms with Crippen molar-refractivity contribution in [3.05, 3.63) is 42.0 Å². The van der Waals surface area contributed by atoms with Gasteiger partial charge in [-0.25, -0.2) is 15.2 Å². The fourth-order valence-electron chi connectivity index (χ4n) is 1.49. The van der Waals surface area contributed by atoms with Crippen LogP contribution in [0.2, 0.25) is 0 Å². The van der Waals surface area contributed by atoms with Crippen molar-refractivity contribution in [3.8, 4) is 11.3 Å². The van der Waals surface area contributed by atoms with E-state index >= 15 is 0 Å². The largest absolute Gasteiger partial charge is 0.307 e. The van der Waals surface area contributed by atoms with E-state index < -0.39 is 0 Å². The maximum atomic E-state index is 13.2. The van der Waals surface area contributed by atoms with Crippen LogP contribution in [0.5, 0.6) is 0 Å². The maximum absolute atomic E-state index is 13.2. The van der Waals surface area contributed by atoms with Crippen LogP contribution in [0.1, 0.15) is 5.56 Å². The quantitative estimate of drug-likeness (QED) is 0.596. The molecule has 0 saturated heterocycles. The Labute approximate surface area is 92.3 Å². The van der Waals surface area contributed by atoms with Crippen molar-refractivity contribution in [1.29, 1.82) is 0 Å². The van der Waals surface area contributed by atoms with Crippen molar-refractivity contribution in [1.82, 2.24) is 9.97 Å². The molecule has 5 heteroatoms. The van der Waals surface area contributed by atoms with Crippen LogP contribution in [0.4, 0.5) is 10.2 Å². The summed E-state index contributed by atoms with van der Waals surface area (Å²) in [6, 6.07) is 4.52. The Bertz CT molecular complexity index is 513. The fraction of sp³-hybridized carbons (Fsp3) is 0.0909. The fourth-order valence-corrected chi connectivity index (χ4v) is 1.49. The molecule has 4 nitrogen and oxygen atoms in total. The summed E-state index contributed by atoms with van der Waals surface area (Å²) in [5, 5.41) is 0. The predicted octanol–water partition coefficient (Wildman–Crippen LogP) is 1.88. The molecule has 1 aromatic carbocycles. The number of hydrogen-bond donors (Lipinski definition) is 2. The molecule has 0 atom stereocenters. The summed E-state index contributed by atoms with van der Waals surface area (Å²) >= 11 is 0. The molecule has 0 aliphatic heterocycles. The molecule has 16 heavy (non-hydrogen) atoms. The molecular weight excluding hydrogens is 207 g/mol. The average molecular weight is 218 g/mol. The topological polar surface area (TPSA) is 63.8 Å². The molecule has 1 heterocycles. The number of rotatable bonds is 2. The van der Waals surface area contributed by atoms with E-state index in [1.165, 1.54) is 18.3 Å². The summed E-state index contributed by atoms with van der Waals surface area (Å²) in [5.41, 5.74) is 4.58. The van der Waals surface area contributed by atoms with Gasteiger partial charge in [0.15, 0.2) is 5.82 Å². The highest BCUT2D eigenvalue weighted by molar-refractivity contribution is 5.73. The van der Waals surface area contributed by atoms with E-state index in [0.717, 1.165) is 5.56 Å². The van der Waals surface area contributed by atoms with E-state index in [2.05, 4.69) is 15.4 Å². The van der Waals surface area contributed by atoms with E-state index in [-0.39, 0.29) is 5.82 Å². The molecule has 2 rings (SSSR count). The third kappa shape index (κ3) is 1.85. The Hall–Kier alpha value is -2.01.